The summed E-state index contributed by atoms with van der Waals surface area (Å²) < 4.78 is 0.981. The molecular weight excluding hydrogens is 286 g/mol. The first-order chi connectivity index (χ1) is 7.69. The average Bonchev–Trinajstić information content (AvgIpc) is 2.69. The zero-order valence-electron chi connectivity index (χ0n) is 9.18. The molecule has 0 unspecified atom stereocenters. The smallest absolute Gasteiger partial charge is 0.0568 e. The van der Waals surface area contributed by atoms with Gasteiger partial charge in [-0.3, -0.25) is 0 Å². The predicted octanol–water partition coefficient (Wildman–Crippen LogP) is 4.48. The molecule has 1 nitrogen and oxygen atoms in total. The molecule has 86 valence electrons. The summed E-state index contributed by atoms with van der Waals surface area (Å²) in [5.41, 5.74) is 1.92. The Hall–Kier alpha value is -0.210. The Labute approximate surface area is 110 Å². The second-order valence-electron chi connectivity index (χ2n) is 5.16. The molecule has 1 aliphatic carbocycles. The van der Waals surface area contributed by atoms with Crippen LogP contribution in [0, 0.1) is 5.41 Å². The molecule has 16 heavy (non-hydrogen) atoms. The minimum Gasteiger partial charge on any atom is -0.370 e. The standard InChI is InChI=1S/C13H15BrClN/c14-11-4-3-10(7-12(11)15)16-8-13(9-16)5-1-2-6-13/h3-4,7H,1-2,5-6,8-9H2. The quantitative estimate of drug-likeness (QED) is 0.739. The third kappa shape index (κ3) is 1.76. The van der Waals surface area contributed by atoms with Crippen LogP contribution in [0.2, 0.25) is 5.02 Å². The zero-order chi connectivity index (χ0) is 11.2. The molecule has 1 spiro atoms. The zero-order valence-corrected chi connectivity index (χ0v) is 11.5. The van der Waals surface area contributed by atoms with Crippen LogP contribution >= 0.6 is 27.5 Å². The van der Waals surface area contributed by atoms with Gasteiger partial charge in [0.25, 0.3) is 0 Å². The highest BCUT2D eigenvalue weighted by atomic mass is 79.9. The summed E-state index contributed by atoms with van der Waals surface area (Å²) >= 11 is 9.54. The highest BCUT2D eigenvalue weighted by Gasteiger charge is 2.44. The van der Waals surface area contributed by atoms with Gasteiger partial charge in [0.15, 0.2) is 0 Å². The Balaban J connectivity index is 1.73. The van der Waals surface area contributed by atoms with Gasteiger partial charge in [0.1, 0.15) is 0 Å². The van der Waals surface area contributed by atoms with Crippen LogP contribution in [0.1, 0.15) is 25.7 Å². The first-order valence-corrected chi connectivity index (χ1v) is 7.06. The summed E-state index contributed by atoms with van der Waals surface area (Å²) in [7, 11) is 0. The molecule has 1 saturated carbocycles. The van der Waals surface area contributed by atoms with Crippen LogP contribution < -0.4 is 4.90 Å². The normalized spacial score (nSPS) is 22.5. The van der Waals surface area contributed by atoms with E-state index in [4.69, 9.17) is 11.6 Å². The fourth-order valence-electron chi connectivity index (χ4n) is 3.07. The summed E-state index contributed by atoms with van der Waals surface area (Å²) in [4.78, 5) is 2.45. The predicted molar refractivity (Wildman–Crippen MR) is 72.3 cm³/mol. The van der Waals surface area contributed by atoms with Crippen LogP contribution in [0.4, 0.5) is 5.69 Å². The van der Waals surface area contributed by atoms with Crippen molar-refractivity contribution in [2.45, 2.75) is 25.7 Å². The molecule has 3 rings (SSSR count). The van der Waals surface area contributed by atoms with Crippen LogP contribution in [0.3, 0.4) is 0 Å². The SMILES string of the molecule is Clc1cc(N2CC3(CCCC3)C2)ccc1Br. The van der Waals surface area contributed by atoms with Crippen molar-refractivity contribution in [2.75, 3.05) is 18.0 Å². The molecule has 0 bridgehead atoms. The van der Waals surface area contributed by atoms with Gasteiger partial charge in [-0.1, -0.05) is 24.4 Å². The number of benzene rings is 1. The van der Waals surface area contributed by atoms with Crippen molar-refractivity contribution in [1.29, 1.82) is 0 Å². The largest absolute Gasteiger partial charge is 0.370 e. The Morgan fingerprint density at radius 3 is 2.50 bits per heavy atom. The van der Waals surface area contributed by atoms with Crippen LogP contribution in [0.15, 0.2) is 22.7 Å². The minimum absolute atomic E-state index is 0.652. The molecule has 1 saturated heterocycles. The van der Waals surface area contributed by atoms with E-state index in [1.807, 2.05) is 6.07 Å². The molecule has 0 N–H and O–H groups in total. The van der Waals surface area contributed by atoms with E-state index in [-0.39, 0.29) is 0 Å². The first kappa shape index (κ1) is 10.9. The lowest BCUT2D eigenvalue weighted by molar-refractivity contribution is 0.222. The summed E-state index contributed by atoms with van der Waals surface area (Å²) in [5.74, 6) is 0. The Morgan fingerprint density at radius 1 is 1.19 bits per heavy atom. The molecule has 0 aromatic heterocycles. The van der Waals surface area contributed by atoms with Crippen LogP contribution in [0.5, 0.6) is 0 Å². The molecule has 2 fully saturated rings. The van der Waals surface area contributed by atoms with E-state index in [9.17, 15) is 0 Å². The summed E-state index contributed by atoms with van der Waals surface area (Å²) in [5, 5.41) is 0.810. The topological polar surface area (TPSA) is 3.24 Å². The number of rotatable bonds is 1. The monoisotopic (exact) mass is 299 g/mol. The second-order valence-corrected chi connectivity index (χ2v) is 6.42. The lowest BCUT2D eigenvalue weighted by Crippen LogP contribution is -2.55. The average molecular weight is 301 g/mol. The molecule has 0 atom stereocenters. The van der Waals surface area contributed by atoms with Crippen LogP contribution in [0.25, 0.3) is 0 Å². The third-order valence-corrected chi connectivity index (χ3v) is 5.22. The van der Waals surface area contributed by atoms with E-state index in [1.165, 1.54) is 44.5 Å². The van der Waals surface area contributed by atoms with E-state index in [0.717, 1.165) is 9.50 Å². The van der Waals surface area contributed by atoms with Gasteiger partial charge in [-0.25, -0.2) is 0 Å². The van der Waals surface area contributed by atoms with E-state index >= 15 is 0 Å². The van der Waals surface area contributed by atoms with Crippen LogP contribution in [-0.2, 0) is 0 Å². The highest BCUT2D eigenvalue weighted by Crippen LogP contribution is 2.47. The number of anilines is 1. The van der Waals surface area contributed by atoms with Crippen molar-refractivity contribution in [1.82, 2.24) is 0 Å². The lowest BCUT2D eigenvalue weighted by atomic mass is 9.78. The molecule has 0 amide bonds. The fraction of sp³-hybridized carbons (Fsp3) is 0.538. The van der Waals surface area contributed by atoms with Gasteiger partial charge in [-0.2, -0.15) is 0 Å². The maximum Gasteiger partial charge on any atom is 0.0568 e. The molecule has 1 aromatic rings. The third-order valence-electron chi connectivity index (χ3n) is 3.99. The maximum atomic E-state index is 6.12. The van der Waals surface area contributed by atoms with E-state index in [2.05, 4.69) is 33.0 Å². The summed E-state index contributed by atoms with van der Waals surface area (Å²) in [6, 6.07) is 6.25. The molecule has 0 radical (unpaired) electrons. The van der Waals surface area contributed by atoms with Crippen molar-refractivity contribution >= 4 is 33.2 Å². The Bertz CT molecular complexity index is 404. The lowest BCUT2D eigenvalue weighted by Gasteiger charge is -2.49. The van der Waals surface area contributed by atoms with Gasteiger partial charge in [0.05, 0.1) is 5.02 Å². The van der Waals surface area contributed by atoms with E-state index < -0.39 is 0 Å². The Kier molecular flexibility index (Phi) is 2.67. The van der Waals surface area contributed by atoms with Crippen molar-refractivity contribution in [3.63, 3.8) is 0 Å². The van der Waals surface area contributed by atoms with Gasteiger partial charge in [0.2, 0.25) is 0 Å². The molecule has 2 aliphatic rings. The number of nitrogens with zero attached hydrogens (tertiary/aromatic N) is 1. The van der Waals surface area contributed by atoms with Crippen LogP contribution in [-0.4, -0.2) is 13.1 Å². The van der Waals surface area contributed by atoms with Gasteiger partial charge in [0, 0.05) is 28.7 Å². The fourth-order valence-corrected chi connectivity index (χ4v) is 3.49. The molecular formula is C13H15BrClN. The molecule has 1 aromatic carbocycles. The van der Waals surface area contributed by atoms with Gasteiger partial charge in [-0.05, 0) is 47.0 Å². The van der Waals surface area contributed by atoms with Crippen molar-refractivity contribution in [2.24, 2.45) is 5.41 Å². The minimum atomic E-state index is 0.652. The summed E-state index contributed by atoms with van der Waals surface area (Å²) in [6.07, 6.45) is 5.70. The van der Waals surface area contributed by atoms with Gasteiger partial charge < -0.3 is 4.90 Å². The van der Waals surface area contributed by atoms with E-state index in [1.54, 1.807) is 0 Å². The number of hydrogen-bond acceptors (Lipinski definition) is 1. The van der Waals surface area contributed by atoms with Gasteiger partial charge >= 0.3 is 0 Å². The summed E-state index contributed by atoms with van der Waals surface area (Å²) in [6.45, 7) is 2.45. The molecule has 1 aliphatic heterocycles. The first-order valence-electron chi connectivity index (χ1n) is 5.89. The maximum absolute atomic E-state index is 6.12. The van der Waals surface area contributed by atoms with Gasteiger partial charge in [-0.15, -0.1) is 0 Å². The second kappa shape index (κ2) is 3.92. The van der Waals surface area contributed by atoms with Crippen molar-refractivity contribution in [3.05, 3.63) is 27.7 Å². The molecule has 1 heterocycles. The van der Waals surface area contributed by atoms with Crippen molar-refractivity contribution < 1.29 is 0 Å². The number of halogens is 2. The van der Waals surface area contributed by atoms with E-state index in [0.29, 0.717) is 5.41 Å². The van der Waals surface area contributed by atoms with Crippen molar-refractivity contribution in [3.8, 4) is 0 Å². The Morgan fingerprint density at radius 2 is 1.88 bits per heavy atom. The number of hydrogen-bond donors (Lipinski definition) is 0. The highest BCUT2D eigenvalue weighted by molar-refractivity contribution is 9.10. The molecule has 3 heteroatoms.